The van der Waals surface area contributed by atoms with E-state index in [-0.39, 0.29) is 19.0 Å². The highest BCUT2D eigenvalue weighted by Crippen LogP contribution is 2.59. The number of pyridine rings is 1. The number of ether oxygens (including phenoxy) is 5. The fourth-order valence-electron chi connectivity index (χ4n) is 6.46. The molecule has 0 saturated carbocycles. The summed E-state index contributed by atoms with van der Waals surface area (Å²) < 4.78 is 28.6. The predicted molar refractivity (Wildman–Crippen MR) is 198 cm³/mol. The van der Waals surface area contributed by atoms with Crippen molar-refractivity contribution in [1.82, 2.24) is 4.98 Å². The van der Waals surface area contributed by atoms with Crippen molar-refractivity contribution < 1.29 is 40.9 Å². The third kappa shape index (κ3) is 6.72. The molecule has 256 valence electrons. The van der Waals surface area contributed by atoms with Crippen LogP contribution in [0, 0.1) is 0 Å². The van der Waals surface area contributed by atoms with Crippen molar-refractivity contribution in [3.05, 3.63) is 133 Å². The number of aromatic nitrogens is 1. The number of esters is 1. The highest BCUT2D eigenvalue weighted by Gasteiger charge is 2.47. The van der Waals surface area contributed by atoms with Gasteiger partial charge in [0.2, 0.25) is 0 Å². The standard InChI is InChI=1S/C41H39NO6P.ClH/c1-6-48-41(43)40-34(27-49(29-16-10-7-11-17-29,30-18-12-8-13-19-30)31-20-14-9-15-21-31)42-33-26-38(47-5)37(46-4)25-32(33)39(40)28-22-23-35(44-2)36(24-28)45-3;/h7-26H,6,27H2,1-5H3;1H/q+1;/p-1. The first kappa shape index (κ1) is 36.2. The number of nitrogens with zero attached hydrogens (tertiary/aromatic N) is 1. The van der Waals surface area contributed by atoms with Gasteiger partial charge in [0.1, 0.15) is 29.3 Å². The Morgan fingerprint density at radius 1 is 0.620 bits per heavy atom. The number of hydrogen-bond acceptors (Lipinski definition) is 7. The minimum absolute atomic E-state index is 0. The van der Waals surface area contributed by atoms with E-state index in [0.717, 1.165) is 5.56 Å². The van der Waals surface area contributed by atoms with Crippen molar-refractivity contribution in [3.8, 4) is 34.1 Å². The lowest BCUT2D eigenvalue weighted by molar-refractivity contribution is -0.0000290. The molecule has 1 aromatic heterocycles. The van der Waals surface area contributed by atoms with E-state index in [1.165, 1.54) is 15.9 Å². The van der Waals surface area contributed by atoms with E-state index in [9.17, 15) is 4.79 Å². The minimum atomic E-state index is -2.48. The third-order valence-corrected chi connectivity index (χ3v) is 13.0. The Morgan fingerprint density at radius 3 is 1.58 bits per heavy atom. The van der Waals surface area contributed by atoms with Gasteiger partial charge in [0.05, 0.1) is 51.8 Å². The van der Waals surface area contributed by atoms with Crippen LogP contribution >= 0.6 is 7.26 Å². The second kappa shape index (κ2) is 16.1. The Hall–Kier alpha value is -5.10. The van der Waals surface area contributed by atoms with Crippen molar-refractivity contribution in [2.75, 3.05) is 35.0 Å². The van der Waals surface area contributed by atoms with Crippen LogP contribution in [0.25, 0.3) is 22.0 Å². The first-order chi connectivity index (χ1) is 24.0. The smallest absolute Gasteiger partial charge is 0.340 e. The van der Waals surface area contributed by atoms with Crippen LogP contribution in [-0.4, -0.2) is 46.0 Å². The van der Waals surface area contributed by atoms with Gasteiger partial charge in [-0.2, -0.15) is 0 Å². The maximum Gasteiger partial charge on any atom is 0.340 e. The van der Waals surface area contributed by atoms with Gasteiger partial charge < -0.3 is 36.1 Å². The molecule has 0 unspecified atom stereocenters. The summed E-state index contributed by atoms with van der Waals surface area (Å²) in [7, 11) is 3.90. The van der Waals surface area contributed by atoms with Crippen LogP contribution in [0.4, 0.5) is 0 Å². The molecule has 0 spiro atoms. The summed E-state index contributed by atoms with van der Waals surface area (Å²) in [4.78, 5) is 19.7. The molecule has 0 aliphatic carbocycles. The first-order valence-electron chi connectivity index (χ1n) is 16.0. The summed E-state index contributed by atoms with van der Waals surface area (Å²) in [6, 6.07) is 41.0. The van der Waals surface area contributed by atoms with Crippen molar-refractivity contribution in [2.45, 2.75) is 13.1 Å². The van der Waals surface area contributed by atoms with Gasteiger partial charge in [-0.05, 0) is 67.1 Å². The first-order valence-corrected chi connectivity index (χ1v) is 18.0. The fourth-order valence-corrected chi connectivity index (χ4v) is 10.6. The van der Waals surface area contributed by atoms with Gasteiger partial charge in [-0.25, -0.2) is 9.78 Å². The lowest BCUT2D eigenvalue weighted by atomic mass is 9.93. The van der Waals surface area contributed by atoms with Crippen LogP contribution in [0.5, 0.6) is 23.0 Å². The topological polar surface area (TPSA) is 76.1 Å². The molecular formula is C41H39ClNO6P. The largest absolute Gasteiger partial charge is 1.00 e. The summed E-state index contributed by atoms with van der Waals surface area (Å²) in [6.07, 6.45) is 0.448. The Labute approximate surface area is 299 Å². The summed E-state index contributed by atoms with van der Waals surface area (Å²) >= 11 is 0. The average molecular weight is 708 g/mol. The number of carbonyl (C=O) groups excluding carboxylic acids is 1. The van der Waals surface area contributed by atoms with Crippen molar-refractivity contribution in [3.63, 3.8) is 0 Å². The molecule has 6 aromatic rings. The molecule has 0 bridgehead atoms. The predicted octanol–water partition coefficient (Wildman–Crippen LogP) is 4.61. The van der Waals surface area contributed by atoms with E-state index < -0.39 is 13.2 Å². The summed E-state index contributed by atoms with van der Waals surface area (Å²) in [5.74, 6) is 1.69. The molecule has 0 N–H and O–H groups in total. The zero-order chi connectivity index (χ0) is 34.4. The van der Waals surface area contributed by atoms with Gasteiger partial charge in [0.25, 0.3) is 0 Å². The molecule has 0 aliphatic rings. The maximum atomic E-state index is 14.4. The molecule has 0 saturated heterocycles. The quantitative estimate of drug-likeness (QED) is 0.136. The molecule has 9 heteroatoms. The number of carbonyl (C=O) groups is 1. The van der Waals surface area contributed by atoms with Gasteiger partial charge in [-0.3, -0.25) is 0 Å². The average Bonchev–Trinajstić information content (AvgIpc) is 3.16. The molecule has 0 atom stereocenters. The molecule has 0 radical (unpaired) electrons. The minimum Gasteiger partial charge on any atom is -1.00 e. The molecule has 5 aromatic carbocycles. The van der Waals surface area contributed by atoms with Gasteiger partial charge >= 0.3 is 5.97 Å². The highest BCUT2D eigenvalue weighted by molar-refractivity contribution is 7.95. The number of rotatable bonds is 12. The Kier molecular flexibility index (Phi) is 11.6. The fraction of sp³-hybridized carbons (Fsp3) is 0.171. The zero-order valence-electron chi connectivity index (χ0n) is 28.7. The van der Waals surface area contributed by atoms with Crippen LogP contribution in [0.15, 0.2) is 121 Å². The maximum absolute atomic E-state index is 14.4. The highest BCUT2D eigenvalue weighted by atomic mass is 35.5. The van der Waals surface area contributed by atoms with Crippen LogP contribution in [0.1, 0.15) is 23.0 Å². The summed E-state index contributed by atoms with van der Waals surface area (Å²) in [5, 5.41) is 4.22. The SMILES string of the molecule is CCOC(=O)c1c(C[P+](c2ccccc2)(c2ccccc2)c2ccccc2)nc2cc(OC)c(OC)cc2c1-c1ccc(OC)c(OC)c1.[Cl-]. The van der Waals surface area contributed by atoms with Crippen molar-refractivity contribution >= 4 is 40.0 Å². The number of hydrogen-bond donors (Lipinski definition) is 0. The molecule has 0 fully saturated rings. The summed E-state index contributed by atoms with van der Waals surface area (Å²) in [5.41, 5.74) is 3.06. The molecule has 6 rings (SSSR count). The second-order valence-electron chi connectivity index (χ2n) is 11.3. The Bertz CT molecular complexity index is 1980. The van der Waals surface area contributed by atoms with Crippen molar-refractivity contribution in [1.29, 1.82) is 0 Å². The Morgan fingerprint density at radius 2 is 1.10 bits per heavy atom. The number of benzene rings is 5. The lowest BCUT2D eigenvalue weighted by Crippen LogP contribution is -3.00. The molecule has 50 heavy (non-hydrogen) atoms. The van der Waals surface area contributed by atoms with Crippen LogP contribution < -0.4 is 47.3 Å². The molecule has 0 aliphatic heterocycles. The number of halogens is 1. The van der Waals surface area contributed by atoms with Crippen LogP contribution in [0.3, 0.4) is 0 Å². The van der Waals surface area contributed by atoms with Crippen LogP contribution in [-0.2, 0) is 10.9 Å². The second-order valence-corrected chi connectivity index (χ2v) is 14.8. The molecule has 1 heterocycles. The number of methoxy groups -OCH3 is 4. The monoisotopic (exact) mass is 707 g/mol. The lowest BCUT2D eigenvalue weighted by Gasteiger charge is -2.28. The zero-order valence-corrected chi connectivity index (χ0v) is 30.3. The van der Waals surface area contributed by atoms with Gasteiger partial charge in [-0.15, -0.1) is 0 Å². The summed E-state index contributed by atoms with van der Waals surface area (Å²) in [6.45, 7) is 2.01. The van der Waals surface area contributed by atoms with Gasteiger partial charge in [-0.1, -0.05) is 60.7 Å². The van der Waals surface area contributed by atoms with Gasteiger partial charge in [0, 0.05) is 17.0 Å². The van der Waals surface area contributed by atoms with E-state index in [1.807, 2.05) is 55.5 Å². The molecular weight excluding hydrogens is 669 g/mol. The third-order valence-electron chi connectivity index (χ3n) is 8.69. The molecule has 0 amide bonds. The number of fused-ring (bicyclic) bond motifs is 1. The molecule has 7 nitrogen and oxygen atoms in total. The van der Waals surface area contributed by atoms with E-state index >= 15 is 0 Å². The van der Waals surface area contributed by atoms with Crippen LogP contribution in [0.2, 0.25) is 0 Å². The van der Waals surface area contributed by atoms with E-state index in [2.05, 4.69) is 72.8 Å². The van der Waals surface area contributed by atoms with E-state index in [0.29, 0.717) is 56.9 Å². The normalized spacial score (nSPS) is 11.0. The van der Waals surface area contributed by atoms with E-state index in [1.54, 1.807) is 28.4 Å². The van der Waals surface area contributed by atoms with Crippen molar-refractivity contribution in [2.24, 2.45) is 0 Å². The van der Waals surface area contributed by atoms with E-state index in [4.69, 9.17) is 28.7 Å². The van der Waals surface area contributed by atoms with Gasteiger partial charge in [0.15, 0.2) is 23.0 Å². The Balaban J connectivity index is 0.00000486.